The Morgan fingerprint density at radius 3 is 2.74 bits per heavy atom. The van der Waals surface area contributed by atoms with Crippen LogP contribution >= 0.6 is 0 Å². The van der Waals surface area contributed by atoms with Gasteiger partial charge in [0.2, 0.25) is 0 Å². The monoisotopic (exact) mass is 257 g/mol. The van der Waals surface area contributed by atoms with Gasteiger partial charge in [-0.2, -0.15) is 0 Å². The molecule has 19 heavy (non-hydrogen) atoms. The Bertz CT molecular complexity index is 836. The third-order valence-electron chi connectivity index (χ3n) is 2.71. The Kier molecular flexibility index (Phi) is 2.25. The molecule has 0 atom stereocenters. The Hall–Kier alpha value is -2.89. The Morgan fingerprint density at radius 2 is 2.00 bits per heavy atom. The van der Waals surface area contributed by atoms with Crippen LogP contribution in [0.2, 0.25) is 0 Å². The topological polar surface area (TPSA) is 101 Å². The lowest BCUT2D eigenvalue weighted by Gasteiger charge is -2.08. The third kappa shape index (κ3) is 1.70. The molecule has 0 unspecified atom stereocenters. The SMILES string of the molecule is O=C(O)c1c2oc3cc(O)ccc3nc-2ccc1=O. The van der Waals surface area contributed by atoms with E-state index in [-0.39, 0.29) is 22.8 Å². The number of hydrogen-bond donors (Lipinski definition) is 2. The van der Waals surface area contributed by atoms with Crippen molar-refractivity contribution in [1.82, 2.24) is 4.98 Å². The average molecular weight is 257 g/mol. The number of phenolic OH excluding ortho intramolecular Hbond substituents is 1. The zero-order chi connectivity index (χ0) is 13.6. The van der Waals surface area contributed by atoms with E-state index in [9.17, 15) is 14.7 Å². The van der Waals surface area contributed by atoms with Crippen LogP contribution in [0.15, 0.2) is 39.5 Å². The molecule has 1 heterocycles. The molecule has 1 aliphatic carbocycles. The standard InChI is InChI=1S/C13H7NO5/c15-6-1-2-7-10(5-6)19-12-8(14-7)3-4-9(16)11(12)13(17)18/h1-5,15H,(H,17,18). The van der Waals surface area contributed by atoms with Crippen LogP contribution in [0, 0.1) is 0 Å². The molecule has 0 saturated heterocycles. The van der Waals surface area contributed by atoms with Crippen LogP contribution in [0.25, 0.3) is 22.6 Å². The predicted octanol–water partition coefficient (Wildman–Crippen LogP) is 1.70. The number of benzene rings is 2. The third-order valence-corrected chi connectivity index (χ3v) is 2.71. The number of carboxylic acid groups (broad SMARTS) is 1. The first-order valence-corrected chi connectivity index (χ1v) is 5.36. The van der Waals surface area contributed by atoms with Gasteiger partial charge in [-0.3, -0.25) is 4.79 Å². The quantitative estimate of drug-likeness (QED) is 0.643. The summed E-state index contributed by atoms with van der Waals surface area (Å²) in [6.45, 7) is 0. The first-order chi connectivity index (χ1) is 9.06. The molecule has 3 rings (SSSR count). The summed E-state index contributed by atoms with van der Waals surface area (Å²) in [5.74, 6) is -1.51. The highest BCUT2D eigenvalue weighted by Gasteiger charge is 2.21. The summed E-state index contributed by atoms with van der Waals surface area (Å²) in [6.07, 6.45) is 0. The van der Waals surface area contributed by atoms with Gasteiger partial charge in [0.25, 0.3) is 0 Å². The second-order valence-electron chi connectivity index (χ2n) is 3.96. The molecule has 0 radical (unpaired) electrons. The van der Waals surface area contributed by atoms with E-state index in [2.05, 4.69) is 4.98 Å². The van der Waals surface area contributed by atoms with Gasteiger partial charge in [-0.15, -0.1) is 0 Å². The molecule has 6 heteroatoms. The molecule has 0 saturated carbocycles. The Balaban J connectivity index is 2.49. The Labute approximate surface area is 105 Å². The minimum Gasteiger partial charge on any atom is -0.508 e. The number of aromatic nitrogens is 1. The van der Waals surface area contributed by atoms with E-state index < -0.39 is 17.0 Å². The van der Waals surface area contributed by atoms with Crippen LogP contribution < -0.4 is 5.43 Å². The van der Waals surface area contributed by atoms with Gasteiger partial charge in [0, 0.05) is 6.07 Å². The summed E-state index contributed by atoms with van der Waals surface area (Å²) in [5.41, 5.74) is -0.170. The zero-order valence-corrected chi connectivity index (χ0v) is 9.45. The molecule has 94 valence electrons. The van der Waals surface area contributed by atoms with Crippen LogP contribution in [-0.2, 0) is 0 Å². The molecule has 2 aliphatic rings. The van der Waals surface area contributed by atoms with Gasteiger partial charge >= 0.3 is 5.97 Å². The molecular formula is C13H7NO5. The number of aromatic carboxylic acids is 1. The van der Waals surface area contributed by atoms with Crippen molar-refractivity contribution in [3.8, 4) is 17.2 Å². The first-order valence-electron chi connectivity index (χ1n) is 5.36. The minimum absolute atomic E-state index is 0.0347. The lowest BCUT2D eigenvalue weighted by molar-refractivity contribution is 0.0694. The van der Waals surface area contributed by atoms with E-state index in [0.29, 0.717) is 5.52 Å². The molecule has 1 aliphatic heterocycles. The summed E-state index contributed by atoms with van der Waals surface area (Å²) in [4.78, 5) is 26.9. The van der Waals surface area contributed by atoms with E-state index in [1.165, 1.54) is 18.2 Å². The van der Waals surface area contributed by atoms with Crippen LogP contribution in [-0.4, -0.2) is 21.2 Å². The number of fused-ring (bicyclic) bond motifs is 2. The molecule has 1 aromatic rings. The highest BCUT2D eigenvalue weighted by atomic mass is 16.4. The number of hydrogen-bond acceptors (Lipinski definition) is 5. The van der Waals surface area contributed by atoms with Crippen molar-refractivity contribution in [3.05, 3.63) is 46.1 Å². The van der Waals surface area contributed by atoms with Crippen LogP contribution in [0.3, 0.4) is 0 Å². The van der Waals surface area contributed by atoms with Crippen molar-refractivity contribution in [2.24, 2.45) is 0 Å². The maximum Gasteiger partial charge on any atom is 0.343 e. The minimum atomic E-state index is -1.37. The molecule has 2 N–H and O–H groups in total. The fourth-order valence-electron chi connectivity index (χ4n) is 1.86. The fraction of sp³-hybridized carbons (Fsp3) is 0. The molecule has 0 amide bonds. The van der Waals surface area contributed by atoms with Crippen molar-refractivity contribution >= 4 is 17.1 Å². The lowest BCUT2D eigenvalue weighted by Crippen LogP contribution is -2.16. The van der Waals surface area contributed by atoms with Gasteiger partial charge in [0.15, 0.2) is 22.3 Å². The number of nitrogens with zero attached hydrogens (tertiary/aromatic N) is 1. The second kappa shape index (κ2) is 3.81. The molecule has 0 spiro atoms. The van der Waals surface area contributed by atoms with E-state index in [1.807, 2.05) is 0 Å². The van der Waals surface area contributed by atoms with Gasteiger partial charge in [-0.1, -0.05) is 0 Å². The van der Waals surface area contributed by atoms with E-state index in [0.717, 1.165) is 6.07 Å². The van der Waals surface area contributed by atoms with E-state index in [4.69, 9.17) is 9.52 Å². The number of aromatic hydroxyl groups is 1. The maximum atomic E-state index is 11.6. The zero-order valence-electron chi connectivity index (χ0n) is 9.45. The van der Waals surface area contributed by atoms with Crippen molar-refractivity contribution in [2.75, 3.05) is 0 Å². The summed E-state index contributed by atoms with van der Waals surface area (Å²) in [5, 5.41) is 18.4. The highest BCUT2D eigenvalue weighted by molar-refractivity contribution is 5.95. The first kappa shape index (κ1) is 11.2. The van der Waals surface area contributed by atoms with Crippen molar-refractivity contribution in [1.29, 1.82) is 0 Å². The average Bonchev–Trinajstić information content (AvgIpc) is 2.35. The largest absolute Gasteiger partial charge is 0.508 e. The number of phenols is 1. The molecule has 0 aromatic heterocycles. The van der Waals surface area contributed by atoms with Gasteiger partial charge < -0.3 is 14.6 Å². The van der Waals surface area contributed by atoms with Gasteiger partial charge in [-0.05, 0) is 24.3 Å². The normalized spacial score (nSPS) is 10.9. The van der Waals surface area contributed by atoms with Crippen LogP contribution in [0.1, 0.15) is 10.4 Å². The van der Waals surface area contributed by atoms with Crippen molar-refractivity contribution < 1.29 is 19.4 Å². The fourth-order valence-corrected chi connectivity index (χ4v) is 1.86. The molecule has 1 aromatic carbocycles. The number of carboxylic acids is 1. The van der Waals surface area contributed by atoms with Gasteiger partial charge in [0.05, 0.1) is 0 Å². The molecule has 0 fully saturated rings. The lowest BCUT2D eigenvalue weighted by atomic mass is 10.1. The summed E-state index contributed by atoms with van der Waals surface area (Å²) in [7, 11) is 0. The molecule has 6 nitrogen and oxygen atoms in total. The van der Waals surface area contributed by atoms with E-state index >= 15 is 0 Å². The van der Waals surface area contributed by atoms with Crippen molar-refractivity contribution in [3.63, 3.8) is 0 Å². The Morgan fingerprint density at radius 1 is 1.21 bits per heavy atom. The predicted molar refractivity (Wildman–Crippen MR) is 65.5 cm³/mol. The number of carbonyl (C=O) groups is 1. The highest BCUT2D eigenvalue weighted by Crippen LogP contribution is 2.28. The van der Waals surface area contributed by atoms with Crippen molar-refractivity contribution in [2.45, 2.75) is 0 Å². The van der Waals surface area contributed by atoms with E-state index in [1.54, 1.807) is 6.07 Å². The molecule has 0 bridgehead atoms. The van der Waals surface area contributed by atoms with Gasteiger partial charge in [-0.25, -0.2) is 9.78 Å². The van der Waals surface area contributed by atoms with Crippen LogP contribution in [0.5, 0.6) is 5.75 Å². The number of rotatable bonds is 1. The van der Waals surface area contributed by atoms with Crippen LogP contribution in [0.4, 0.5) is 0 Å². The smallest absolute Gasteiger partial charge is 0.343 e. The molecular weight excluding hydrogens is 250 g/mol. The maximum absolute atomic E-state index is 11.6. The summed E-state index contributed by atoms with van der Waals surface area (Å²) >= 11 is 0. The van der Waals surface area contributed by atoms with Gasteiger partial charge in [0.1, 0.15) is 17.0 Å². The summed E-state index contributed by atoms with van der Waals surface area (Å²) in [6, 6.07) is 6.83. The summed E-state index contributed by atoms with van der Waals surface area (Å²) < 4.78 is 5.40. The second-order valence-corrected chi connectivity index (χ2v) is 3.96.